The quantitative estimate of drug-likeness (QED) is 0.201. The molecule has 150 valence electrons. The number of rotatable bonds is 10. The smallest absolute Gasteiger partial charge is 0.191 e. The lowest BCUT2D eigenvalue weighted by Gasteiger charge is -2.20. The summed E-state index contributed by atoms with van der Waals surface area (Å²) >= 11 is 1.55. The number of aliphatic imine (C=N–C) groups is 1. The number of guanidine groups is 1. The highest BCUT2D eigenvalue weighted by Gasteiger charge is 2.24. The fourth-order valence-electron chi connectivity index (χ4n) is 2.61. The first-order valence-corrected chi connectivity index (χ1v) is 9.97. The van der Waals surface area contributed by atoms with Crippen LogP contribution in [0.25, 0.3) is 0 Å². The summed E-state index contributed by atoms with van der Waals surface area (Å²) in [6.45, 7) is 7.97. The van der Waals surface area contributed by atoms with Crippen molar-refractivity contribution in [2.24, 2.45) is 4.99 Å². The predicted octanol–water partition coefficient (Wildman–Crippen LogP) is 2.71. The van der Waals surface area contributed by atoms with Gasteiger partial charge in [-0.3, -0.25) is 0 Å². The lowest BCUT2D eigenvalue weighted by Crippen LogP contribution is -2.39. The van der Waals surface area contributed by atoms with Crippen molar-refractivity contribution in [3.05, 3.63) is 22.4 Å². The highest BCUT2D eigenvalue weighted by atomic mass is 127. The largest absolute Gasteiger partial charge is 0.383 e. The molecular formula is C18H32IN3O3S. The highest BCUT2D eigenvalue weighted by Crippen LogP contribution is 2.25. The van der Waals surface area contributed by atoms with E-state index in [1.54, 1.807) is 18.3 Å². The maximum absolute atomic E-state index is 10.6. The van der Waals surface area contributed by atoms with Gasteiger partial charge in [0.1, 0.15) is 5.60 Å². The molecule has 0 saturated carbocycles. The number of hydrogen-bond donors (Lipinski definition) is 3. The molecule has 2 atom stereocenters. The summed E-state index contributed by atoms with van der Waals surface area (Å²) < 4.78 is 11.2. The molecular weight excluding hydrogens is 465 g/mol. The number of ether oxygens (including phenoxy) is 2. The molecule has 1 fully saturated rings. The lowest BCUT2D eigenvalue weighted by molar-refractivity contribution is 0.0168. The van der Waals surface area contributed by atoms with Gasteiger partial charge in [-0.1, -0.05) is 6.07 Å². The zero-order chi connectivity index (χ0) is 18.0. The molecule has 0 spiro atoms. The number of nitrogens with zero attached hydrogens (tertiary/aromatic N) is 1. The van der Waals surface area contributed by atoms with E-state index in [0.717, 1.165) is 49.8 Å². The zero-order valence-electron chi connectivity index (χ0n) is 15.7. The maximum atomic E-state index is 10.6. The van der Waals surface area contributed by atoms with Gasteiger partial charge in [0.25, 0.3) is 0 Å². The van der Waals surface area contributed by atoms with E-state index in [0.29, 0.717) is 19.8 Å². The molecule has 1 aliphatic rings. The van der Waals surface area contributed by atoms with Gasteiger partial charge >= 0.3 is 0 Å². The molecule has 0 amide bonds. The Bertz CT molecular complexity index is 506. The molecule has 3 N–H and O–H groups in total. The van der Waals surface area contributed by atoms with Crippen molar-refractivity contribution in [2.75, 3.05) is 39.5 Å². The van der Waals surface area contributed by atoms with Gasteiger partial charge < -0.3 is 25.2 Å². The van der Waals surface area contributed by atoms with Crippen LogP contribution in [-0.4, -0.2) is 56.6 Å². The van der Waals surface area contributed by atoms with Gasteiger partial charge in [0.2, 0.25) is 0 Å². The summed E-state index contributed by atoms with van der Waals surface area (Å²) in [6, 6.07) is 3.88. The molecule has 6 nitrogen and oxygen atoms in total. The topological polar surface area (TPSA) is 75.1 Å². The molecule has 2 unspecified atom stereocenters. The third-order valence-corrected chi connectivity index (χ3v) is 5.15. The van der Waals surface area contributed by atoms with Crippen LogP contribution in [0.2, 0.25) is 0 Å². The third-order valence-electron chi connectivity index (χ3n) is 4.03. The Hall–Kier alpha value is -0.420. The average Bonchev–Trinajstić information content (AvgIpc) is 3.29. The van der Waals surface area contributed by atoms with Gasteiger partial charge in [-0.2, -0.15) is 0 Å². The van der Waals surface area contributed by atoms with E-state index < -0.39 is 5.60 Å². The zero-order valence-corrected chi connectivity index (χ0v) is 18.8. The minimum Gasteiger partial charge on any atom is -0.383 e. The normalized spacial score (nSPS) is 19.7. The Morgan fingerprint density at radius 2 is 2.35 bits per heavy atom. The molecule has 1 aromatic heterocycles. The molecule has 1 aliphatic heterocycles. The van der Waals surface area contributed by atoms with Crippen LogP contribution in [0.5, 0.6) is 0 Å². The number of halogens is 1. The molecule has 8 heteroatoms. The number of nitrogens with one attached hydrogen (secondary N) is 2. The van der Waals surface area contributed by atoms with Crippen LogP contribution in [0.3, 0.4) is 0 Å². The Kier molecular flexibility index (Phi) is 11.7. The summed E-state index contributed by atoms with van der Waals surface area (Å²) in [5, 5.41) is 19.0. The first-order valence-electron chi connectivity index (χ1n) is 9.09. The fraction of sp³-hybridized carbons (Fsp3) is 0.722. The molecule has 26 heavy (non-hydrogen) atoms. The number of aliphatic hydroxyl groups is 1. The SMILES string of the molecule is CCNC(=NCC(C)(O)c1cccs1)NCCCOCC1CCCO1.I. The second-order valence-corrected chi connectivity index (χ2v) is 7.38. The van der Waals surface area contributed by atoms with Crippen LogP contribution in [-0.2, 0) is 15.1 Å². The molecule has 0 aromatic carbocycles. The van der Waals surface area contributed by atoms with Gasteiger partial charge in [0.05, 0.1) is 19.3 Å². The number of hydrogen-bond acceptors (Lipinski definition) is 5. The van der Waals surface area contributed by atoms with Gasteiger partial charge in [-0.25, -0.2) is 4.99 Å². The van der Waals surface area contributed by atoms with Crippen LogP contribution in [0, 0.1) is 0 Å². The van der Waals surface area contributed by atoms with Gasteiger partial charge in [0, 0.05) is 31.2 Å². The molecule has 1 aromatic rings. The first kappa shape index (κ1) is 23.6. The lowest BCUT2D eigenvalue weighted by atomic mass is 10.1. The Labute approximate surface area is 177 Å². The van der Waals surface area contributed by atoms with E-state index in [4.69, 9.17) is 9.47 Å². The van der Waals surface area contributed by atoms with E-state index in [2.05, 4.69) is 15.6 Å². The van der Waals surface area contributed by atoms with Crippen molar-refractivity contribution in [1.29, 1.82) is 0 Å². The second-order valence-electron chi connectivity index (χ2n) is 6.44. The van der Waals surface area contributed by atoms with E-state index >= 15 is 0 Å². The predicted molar refractivity (Wildman–Crippen MR) is 118 cm³/mol. The average molecular weight is 497 g/mol. The van der Waals surface area contributed by atoms with Crippen molar-refractivity contribution < 1.29 is 14.6 Å². The highest BCUT2D eigenvalue weighted by molar-refractivity contribution is 14.0. The Morgan fingerprint density at radius 3 is 3.00 bits per heavy atom. The first-order chi connectivity index (χ1) is 12.1. The third kappa shape index (κ3) is 8.51. The van der Waals surface area contributed by atoms with E-state index in [9.17, 15) is 5.11 Å². The molecule has 0 bridgehead atoms. The van der Waals surface area contributed by atoms with Gasteiger partial charge in [0.15, 0.2) is 5.96 Å². The van der Waals surface area contributed by atoms with E-state index in [1.807, 2.05) is 24.4 Å². The van der Waals surface area contributed by atoms with Gasteiger partial charge in [-0.15, -0.1) is 35.3 Å². The minimum atomic E-state index is -0.944. The van der Waals surface area contributed by atoms with Crippen molar-refractivity contribution >= 4 is 41.3 Å². The van der Waals surface area contributed by atoms with Gasteiger partial charge in [-0.05, 0) is 44.6 Å². The van der Waals surface area contributed by atoms with Crippen LogP contribution in [0.15, 0.2) is 22.5 Å². The van der Waals surface area contributed by atoms with Crippen molar-refractivity contribution in [1.82, 2.24) is 10.6 Å². The number of thiophene rings is 1. The van der Waals surface area contributed by atoms with Crippen LogP contribution in [0.4, 0.5) is 0 Å². The molecule has 2 rings (SSSR count). The van der Waals surface area contributed by atoms with E-state index in [-0.39, 0.29) is 30.1 Å². The summed E-state index contributed by atoms with van der Waals surface area (Å²) in [5.41, 5.74) is -0.944. The summed E-state index contributed by atoms with van der Waals surface area (Å²) in [7, 11) is 0. The minimum absolute atomic E-state index is 0. The summed E-state index contributed by atoms with van der Waals surface area (Å²) in [6.07, 6.45) is 3.44. The fourth-order valence-corrected chi connectivity index (χ4v) is 3.39. The van der Waals surface area contributed by atoms with Crippen molar-refractivity contribution in [2.45, 2.75) is 44.8 Å². The van der Waals surface area contributed by atoms with Crippen molar-refractivity contribution in [3.63, 3.8) is 0 Å². The van der Waals surface area contributed by atoms with Crippen LogP contribution in [0.1, 0.15) is 38.0 Å². The standard InChI is InChI=1S/C18H31N3O3S.HI/c1-3-19-17(21-14-18(2,22)16-8-5-12-25-16)20-9-6-10-23-13-15-7-4-11-24-15;/h5,8,12,15,22H,3-4,6-7,9-11,13-14H2,1-2H3,(H2,19,20,21);1H. The summed E-state index contributed by atoms with van der Waals surface area (Å²) in [5.74, 6) is 0.721. The van der Waals surface area contributed by atoms with Crippen molar-refractivity contribution in [3.8, 4) is 0 Å². The monoisotopic (exact) mass is 497 g/mol. The van der Waals surface area contributed by atoms with Crippen LogP contribution < -0.4 is 10.6 Å². The Morgan fingerprint density at radius 1 is 1.50 bits per heavy atom. The summed E-state index contributed by atoms with van der Waals surface area (Å²) in [4.78, 5) is 5.44. The second kappa shape index (κ2) is 12.9. The maximum Gasteiger partial charge on any atom is 0.191 e. The van der Waals surface area contributed by atoms with Crippen LogP contribution >= 0.6 is 35.3 Å². The molecule has 1 saturated heterocycles. The van der Waals surface area contributed by atoms with E-state index in [1.165, 1.54) is 0 Å². The molecule has 0 radical (unpaired) electrons. The molecule has 0 aliphatic carbocycles. The molecule has 2 heterocycles. The Balaban J connectivity index is 0.00000338.